The highest BCUT2D eigenvalue weighted by molar-refractivity contribution is 5.61. The summed E-state index contributed by atoms with van der Waals surface area (Å²) in [4.78, 5) is 4.20. The molecule has 0 saturated heterocycles. The highest BCUT2D eigenvalue weighted by Crippen LogP contribution is 2.22. The number of rotatable bonds is 2. The van der Waals surface area contributed by atoms with E-state index in [0.717, 1.165) is 5.56 Å². The van der Waals surface area contributed by atoms with Crippen molar-refractivity contribution in [3.8, 4) is 11.4 Å². The second kappa shape index (κ2) is 3.82. The zero-order valence-electron chi connectivity index (χ0n) is 8.82. The number of aromatic nitrogens is 2. The molecule has 0 saturated carbocycles. The lowest BCUT2D eigenvalue weighted by molar-refractivity contribution is 0.380. The molecular weight excluding hydrogens is 190 g/mol. The predicted octanol–water partition coefficient (Wildman–Crippen LogP) is 1.81. The van der Waals surface area contributed by atoms with E-state index in [4.69, 9.17) is 10.3 Å². The lowest BCUT2D eigenvalue weighted by Gasteiger charge is -2.03. The SMILES string of the molecule is Cc1cccc(-c2noc(CN)n2)c1C. The molecule has 2 N–H and O–H groups in total. The minimum absolute atomic E-state index is 0.276. The van der Waals surface area contributed by atoms with E-state index in [1.807, 2.05) is 19.1 Å². The summed E-state index contributed by atoms with van der Waals surface area (Å²) in [6, 6.07) is 6.02. The highest BCUT2D eigenvalue weighted by Gasteiger charge is 2.10. The molecule has 0 fully saturated rings. The molecule has 0 spiro atoms. The van der Waals surface area contributed by atoms with Crippen molar-refractivity contribution in [1.29, 1.82) is 0 Å². The molecule has 1 aromatic carbocycles. The monoisotopic (exact) mass is 203 g/mol. The molecule has 0 bridgehead atoms. The number of benzene rings is 1. The molecule has 2 aromatic rings. The van der Waals surface area contributed by atoms with Crippen molar-refractivity contribution in [1.82, 2.24) is 10.1 Å². The van der Waals surface area contributed by atoms with E-state index in [0.29, 0.717) is 11.7 Å². The fourth-order valence-electron chi connectivity index (χ4n) is 1.44. The van der Waals surface area contributed by atoms with E-state index >= 15 is 0 Å². The Bertz CT molecular complexity index is 476. The van der Waals surface area contributed by atoms with Crippen LogP contribution in [0.25, 0.3) is 11.4 Å². The topological polar surface area (TPSA) is 64.9 Å². The molecule has 4 heteroatoms. The number of hydrogen-bond acceptors (Lipinski definition) is 4. The number of nitrogens with zero attached hydrogens (tertiary/aromatic N) is 2. The van der Waals surface area contributed by atoms with E-state index in [9.17, 15) is 0 Å². The summed E-state index contributed by atoms with van der Waals surface area (Å²) in [6.45, 7) is 4.38. The normalized spacial score (nSPS) is 10.6. The van der Waals surface area contributed by atoms with Crippen molar-refractivity contribution in [3.63, 3.8) is 0 Å². The van der Waals surface area contributed by atoms with E-state index in [2.05, 4.69) is 23.1 Å². The van der Waals surface area contributed by atoms with Crippen LogP contribution in [0.3, 0.4) is 0 Å². The van der Waals surface area contributed by atoms with Gasteiger partial charge in [0.25, 0.3) is 0 Å². The molecular formula is C11H13N3O. The highest BCUT2D eigenvalue weighted by atomic mass is 16.5. The maximum absolute atomic E-state index is 5.41. The Morgan fingerprint density at radius 1 is 1.33 bits per heavy atom. The van der Waals surface area contributed by atoms with E-state index in [1.54, 1.807) is 0 Å². The Morgan fingerprint density at radius 2 is 2.13 bits per heavy atom. The maximum atomic E-state index is 5.41. The molecule has 1 aromatic heterocycles. The van der Waals surface area contributed by atoms with Crippen LogP contribution < -0.4 is 5.73 Å². The van der Waals surface area contributed by atoms with Crippen LogP contribution >= 0.6 is 0 Å². The van der Waals surface area contributed by atoms with Gasteiger partial charge in [0, 0.05) is 5.56 Å². The minimum Gasteiger partial charge on any atom is -0.338 e. The first-order chi connectivity index (χ1) is 7.22. The summed E-state index contributed by atoms with van der Waals surface area (Å²) in [7, 11) is 0. The van der Waals surface area contributed by atoms with Gasteiger partial charge in [-0.1, -0.05) is 23.4 Å². The third-order valence-corrected chi connectivity index (χ3v) is 2.49. The third-order valence-electron chi connectivity index (χ3n) is 2.49. The van der Waals surface area contributed by atoms with Crippen molar-refractivity contribution in [3.05, 3.63) is 35.2 Å². The van der Waals surface area contributed by atoms with E-state index in [1.165, 1.54) is 11.1 Å². The van der Waals surface area contributed by atoms with Gasteiger partial charge >= 0.3 is 0 Å². The summed E-state index contributed by atoms with van der Waals surface area (Å²) >= 11 is 0. The summed E-state index contributed by atoms with van der Waals surface area (Å²) in [6.07, 6.45) is 0. The van der Waals surface area contributed by atoms with Crippen LogP contribution in [-0.2, 0) is 6.54 Å². The Labute approximate surface area is 88.1 Å². The number of aryl methyl sites for hydroxylation is 1. The van der Waals surface area contributed by atoms with Crippen molar-refractivity contribution in [2.45, 2.75) is 20.4 Å². The molecule has 1 heterocycles. The second-order valence-electron chi connectivity index (χ2n) is 3.46. The fourth-order valence-corrected chi connectivity index (χ4v) is 1.44. The van der Waals surface area contributed by atoms with Crippen LogP contribution in [0, 0.1) is 13.8 Å². The zero-order valence-corrected chi connectivity index (χ0v) is 8.82. The van der Waals surface area contributed by atoms with Crippen molar-refractivity contribution in [2.75, 3.05) is 0 Å². The Morgan fingerprint density at radius 3 is 2.80 bits per heavy atom. The second-order valence-corrected chi connectivity index (χ2v) is 3.46. The van der Waals surface area contributed by atoms with Gasteiger partial charge in [0.1, 0.15) is 0 Å². The first-order valence-electron chi connectivity index (χ1n) is 4.81. The molecule has 2 rings (SSSR count). The van der Waals surface area contributed by atoms with Gasteiger partial charge in [-0.15, -0.1) is 0 Å². The lowest BCUT2D eigenvalue weighted by atomic mass is 10.0. The molecule has 4 nitrogen and oxygen atoms in total. The van der Waals surface area contributed by atoms with E-state index in [-0.39, 0.29) is 6.54 Å². The van der Waals surface area contributed by atoms with Crippen LogP contribution in [-0.4, -0.2) is 10.1 Å². The average Bonchev–Trinajstić information content (AvgIpc) is 2.70. The molecule has 0 radical (unpaired) electrons. The standard InChI is InChI=1S/C11H13N3O/c1-7-4-3-5-9(8(7)2)11-13-10(6-12)15-14-11/h3-5H,6,12H2,1-2H3. The lowest BCUT2D eigenvalue weighted by Crippen LogP contribution is -1.96. The van der Waals surface area contributed by atoms with Gasteiger partial charge in [-0.2, -0.15) is 4.98 Å². The van der Waals surface area contributed by atoms with Crippen molar-refractivity contribution in [2.24, 2.45) is 5.73 Å². The van der Waals surface area contributed by atoms with Crippen molar-refractivity contribution >= 4 is 0 Å². The van der Waals surface area contributed by atoms with Crippen LogP contribution in [0.2, 0.25) is 0 Å². The van der Waals surface area contributed by atoms with Gasteiger partial charge in [-0.25, -0.2) is 0 Å². The van der Waals surface area contributed by atoms with Gasteiger partial charge in [0.05, 0.1) is 6.54 Å². The average molecular weight is 203 g/mol. The van der Waals surface area contributed by atoms with Crippen LogP contribution in [0.4, 0.5) is 0 Å². The summed E-state index contributed by atoms with van der Waals surface area (Å²) in [5.74, 6) is 1.07. The zero-order chi connectivity index (χ0) is 10.8. The first kappa shape index (κ1) is 9.86. The number of nitrogens with two attached hydrogens (primary N) is 1. The van der Waals surface area contributed by atoms with Crippen LogP contribution in [0.1, 0.15) is 17.0 Å². The smallest absolute Gasteiger partial charge is 0.240 e. The van der Waals surface area contributed by atoms with Gasteiger partial charge in [0.15, 0.2) is 0 Å². The molecule has 0 aliphatic heterocycles. The summed E-state index contributed by atoms with van der Waals surface area (Å²) in [5.41, 5.74) is 8.79. The van der Waals surface area contributed by atoms with Gasteiger partial charge in [-0.3, -0.25) is 0 Å². The number of hydrogen-bond donors (Lipinski definition) is 1. The van der Waals surface area contributed by atoms with Crippen LogP contribution in [0.5, 0.6) is 0 Å². The molecule has 15 heavy (non-hydrogen) atoms. The van der Waals surface area contributed by atoms with Crippen LogP contribution in [0.15, 0.2) is 22.7 Å². The largest absolute Gasteiger partial charge is 0.338 e. The molecule has 0 amide bonds. The molecule has 0 atom stereocenters. The fraction of sp³-hybridized carbons (Fsp3) is 0.273. The van der Waals surface area contributed by atoms with Gasteiger partial charge in [-0.05, 0) is 25.0 Å². The first-order valence-corrected chi connectivity index (χ1v) is 4.81. The third kappa shape index (κ3) is 1.76. The van der Waals surface area contributed by atoms with Crippen molar-refractivity contribution < 1.29 is 4.52 Å². The molecule has 0 aliphatic rings. The maximum Gasteiger partial charge on any atom is 0.240 e. The summed E-state index contributed by atoms with van der Waals surface area (Å²) < 4.78 is 4.98. The summed E-state index contributed by atoms with van der Waals surface area (Å²) in [5, 5.41) is 3.89. The molecule has 0 unspecified atom stereocenters. The molecule has 78 valence electrons. The predicted molar refractivity (Wildman–Crippen MR) is 57.1 cm³/mol. The Balaban J connectivity index is 2.49. The Hall–Kier alpha value is -1.68. The van der Waals surface area contributed by atoms with E-state index < -0.39 is 0 Å². The minimum atomic E-state index is 0.276. The van der Waals surface area contributed by atoms with Gasteiger partial charge < -0.3 is 10.3 Å². The quantitative estimate of drug-likeness (QED) is 0.808. The molecule has 0 aliphatic carbocycles. The van der Waals surface area contributed by atoms with Gasteiger partial charge in [0.2, 0.25) is 11.7 Å². The Kier molecular flexibility index (Phi) is 2.51.